The minimum atomic E-state index is -1.09. The van der Waals surface area contributed by atoms with Crippen molar-refractivity contribution in [2.24, 2.45) is 0 Å². The molecule has 0 saturated heterocycles. The summed E-state index contributed by atoms with van der Waals surface area (Å²) in [6, 6.07) is 9.24. The average molecular weight is 237 g/mol. The molecular formula is C9H10Cl2OS. The lowest BCUT2D eigenvalue weighted by atomic mass is 10.4. The quantitative estimate of drug-likeness (QED) is 0.736. The molecule has 0 aliphatic rings. The molecular weight excluding hydrogens is 227 g/mol. The van der Waals surface area contributed by atoms with E-state index in [1.807, 2.05) is 30.3 Å². The summed E-state index contributed by atoms with van der Waals surface area (Å²) in [7, 11) is -1.09. The molecule has 13 heavy (non-hydrogen) atoms. The predicted molar refractivity (Wildman–Crippen MR) is 58.1 cm³/mol. The van der Waals surface area contributed by atoms with Crippen LogP contribution in [0.25, 0.3) is 0 Å². The van der Waals surface area contributed by atoms with E-state index in [1.165, 1.54) is 0 Å². The lowest BCUT2D eigenvalue weighted by Crippen LogP contribution is -2.18. The lowest BCUT2D eigenvalue weighted by molar-refractivity contribution is 0.677. The van der Waals surface area contributed by atoms with E-state index >= 15 is 0 Å². The number of hydrogen-bond donors (Lipinski definition) is 0. The third-order valence-electron chi connectivity index (χ3n) is 1.62. The second-order valence-electron chi connectivity index (χ2n) is 2.54. The molecule has 1 atom stereocenters. The van der Waals surface area contributed by atoms with Gasteiger partial charge in [-0.15, -0.1) is 23.2 Å². The molecule has 0 amide bonds. The molecule has 1 aromatic carbocycles. The highest BCUT2D eigenvalue weighted by Gasteiger charge is 2.15. The van der Waals surface area contributed by atoms with Crippen molar-refractivity contribution in [3.63, 3.8) is 0 Å². The van der Waals surface area contributed by atoms with Gasteiger partial charge in [0.1, 0.15) is 0 Å². The van der Waals surface area contributed by atoms with Gasteiger partial charge in [0.25, 0.3) is 0 Å². The van der Waals surface area contributed by atoms with Gasteiger partial charge in [0.05, 0.1) is 16.0 Å². The van der Waals surface area contributed by atoms with Crippen LogP contribution in [0, 0.1) is 0 Å². The zero-order valence-corrected chi connectivity index (χ0v) is 9.28. The van der Waals surface area contributed by atoms with Crippen LogP contribution >= 0.6 is 23.2 Å². The first-order chi connectivity index (χ1) is 6.29. The Morgan fingerprint density at radius 3 is 2.15 bits per heavy atom. The van der Waals surface area contributed by atoms with E-state index in [0.717, 1.165) is 4.90 Å². The first kappa shape index (κ1) is 11.0. The topological polar surface area (TPSA) is 17.1 Å². The first-order valence-electron chi connectivity index (χ1n) is 3.87. The average Bonchev–Trinajstić information content (AvgIpc) is 2.21. The maximum absolute atomic E-state index is 11.7. The van der Waals surface area contributed by atoms with Gasteiger partial charge in [-0.05, 0) is 12.1 Å². The second kappa shape index (κ2) is 5.63. The Labute approximate surface area is 90.5 Å². The number of rotatable bonds is 4. The molecule has 1 unspecified atom stereocenters. The largest absolute Gasteiger partial charge is 0.254 e. The molecule has 0 N–H and O–H groups in total. The molecule has 0 aliphatic heterocycles. The standard InChI is InChI=1S/C9H10Cl2OS/c10-6-9(7-11)13(12)8-4-2-1-3-5-8/h1-5,9H,6-7H2. The van der Waals surface area contributed by atoms with Gasteiger partial charge < -0.3 is 0 Å². The Morgan fingerprint density at radius 2 is 1.69 bits per heavy atom. The van der Waals surface area contributed by atoms with Gasteiger partial charge in [-0.1, -0.05) is 18.2 Å². The van der Waals surface area contributed by atoms with E-state index in [2.05, 4.69) is 0 Å². The van der Waals surface area contributed by atoms with E-state index in [-0.39, 0.29) is 5.25 Å². The third-order valence-corrected chi connectivity index (χ3v) is 4.41. The molecule has 4 heteroatoms. The molecule has 1 aromatic rings. The van der Waals surface area contributed by atoms with Crippen molar-refractivity contribution in [3.05, 3.63) is 30.3 Å². The molecule has 0 spiro atoms. The number of halogens is 2. The first-order valence-corrected chi connectivity index (χ1v) is 6.15. The molecule has 0 aliphatic carbocycles. The molecule has 0 bridgehead atoms. The van der Waals surface area contributed by atoms with Crippen LogP contribution in [0.4, 0.5) is 0 Å². The Balaban J connectivity index is 2.78. The van der Waals surface area contributed by atoms with Gasteiger partial charge in [0.15, 0.2) is 0 Å². The fourth-order valence-corrected chi connectivity index (χ4v) is 2.96. The SMILES string of the molecule is O=S(c1ccccc1)C(CCl)CCl. The highest BCUT2D eigenvalue weighted by atomic mass is 35.5. The minimum Gasteiger partial charge on any atom is -0.254 e. The van der Waals surface area contributed by atoms with Crippen molar-refractivity contribution in [2.75, 3.05) is 11.8 Å². The zero-order chi connectivity index (χ0) is 9.68. The van der Waals surface area contributed by atoms with Crippen molar-refractivity contribution in [1.82, 2.24) is 0 Å². The number of hydrogen-bond acceptors (Lipinski definition) is 1. The summed E-state index contributed by atoms with van der Waals surface area (Å²) in [6.45, 7) is 0. The summed E-state index contributed by atoms with van der Waals surface area (Å²) in [4.78, 5) is 0.786. The van der Waals surface area contributed by atoms with Crippen molar-refractivity contribution in [2.45, 2.75) is 10.1 Å². The van der Waals surface area contributed by atoms with Gasteiger partial charge in [-0.3, -0.25) is 4.21 Å². The summed E-state index contributed by atoms with van der Waals surface area (Å²) in [5, 5.41) is -0.161. The third kappa shape index (κ3) is 2.97. The van der Waals surface area contributed by atoms with E-state index in [9.17, 15) is 4.21 Å². The van der Waals surface area contributed by atoms with Crippen LogP contribution in [0.15, 0.2) is 35.2 Å². The van der Waals surface area contributed by atoms with Gasteiger partial charge in [0.2, 0.25) is 0 Å². The molecule has 1 rings (SSSR count). The number of alkyl halides is 2. The summed E-state index contributed by atoms with van der Waals surface area (Å²) in [5.41, 5.74) is 0. The Morgan fingerprint density at radius 1 is 1.15 bits per heavy atom. The summed E-state index contributed by atoms with van der Waals surface area (Å²) < 4.78 is 11.7. The van der Waals surface area contributed by atoms with Gasteiger partial charge in [0, 0.05) is 16.7 Å². The van der Waals surface area contributed by atoms with Crippen molar-refractivity contribution < 1.29 is 4.21 Å². The Kier molecular flexibility index (Phi) is 4.78. The molecule has 0 heterocycles. The molecule has 0 aromatic heterocycles. The van der Waals surface area contributed by atoms with Crippen LogP contribution in [0.2, 0.25) is 0 Å². The number of benzene rings is 1. The van der Waals surface area contributed by atoms with Gasteiger partial charge in [-0.25, -0.2) is 0 Å². The second-order valence-corrected chi connectivity index (χ2v) is 4.89. The maximum atomic E-state index is 11.7. The fraction of sp³-hybridized carbons (Fsp3) is 0.333. The smallest absolute Gasteiger partial charge is 0.0665 e. The molecule has 72 valence electrons. The summed E-state index contributed by atoms with van der Waals surface area (Å²) in [6.07, 6.45) is 0. The molecule has 1 nitrogen and oxygen atoms in total. The van der Waals surface area contributed by atoms with E-state index in [0.29, 0.717) is 11.8 Å². The molecule has 0 fully saturated rings. The van der Waals surface area contributed by atoms with Crippen LogP contribution in [0.3, 0.4) is 0 Å². The van der Waals surface area contributed by atoms with Crippen molar-refractivity contribution >= 4 is 34.0 Å². The van der Waals surface area contributed by atoms with Crippen LogP contribution in [-0.4, -0.2) is 21.2 Å². The molecule has 0 saturated carbocycles. The maximum Gasteiger partial charge on any atom is 0.0665 e. The van der Waals surface area contributed by atoms with Crippen LogP contribution in [0.1, 0.15) is 0 Å². The zero-order valence-electron chi connectivity index (χ0n) is 6.95. The van der Waals surface area contributed by atoms with E-state index in [4.69, 9.17) is 23.2 Å². The molecule has 0 radical (unpaired) electrons. The normalized spacial score (nSPS) is 13.2. The van der Waals surface area contributed by atoms with Gasteiger partial charge in [-0.2, -0.15) is 0 Å². The van der Waals surface area contributed by atoms with Crippen LogP contribution < -0.4 is 0 Å². The van der Waals surface area contributed by atoms with Crippen molar-refractivity contribution in [1.29, 1.82) is 0 Å². The van der Waals surface area contributed by atoms with Crippen LogP contribution in [-0.2, 0) is 10.8 Å². The summed E-state index contributed by atoms with van der Waals surface area (Å²) >= 11 is 11.3. The Bertz CT molecular complexity index is 272. The predicted octanol–water partition coefficient (Wildman–Crippen LogP) is 2.64. The van der Waals surface area contributed by atoms with E-state index in [1.54, 1.807) is 0 Å². The fourth-order valence-electron chi connectivity index (χ4n) is 0.903. The monoisotopic (exact) mass is 236 g/mol. The highest BCUT2D eigenvalue weighted by molar-refractivity contribution is 7.85. The highest BCUT2D eigenvalue weighted by Crippen LogP contribution is 2.13. The van der Waals surface area contributed by atoms with Gasteiger partial charge >= 0.3 is 0 Å². The summed E-state index contributed by atoms with van der Waals surface area (Å²) in [5.74, 6) is 0.649. The Hall–Kier alpha value is -0.0500. The van der Waals surface area contributed by atoms with Crippen LogP contribution in [0.5, 0.6) is 0 Å². The lowest BCUT2D eigenvalue weighted by Gasteiger charge is -2.09. The van der Waals surface area contributed by atoms with E-state index < -0.39 is 10.8 Å². The van der Waals surface area contributed by atoms with Crippen molar-refractivity contribution in [3.8, 4) is 0 Å². The minimum absolute atomic E-state index is 0.161.